The van der Waals surface area contributed by atoms with Crippen molar-refractivity contribution in [2.45, 2.75) is 13.8 Å². The Kier molecular flexibility index (Phi) is 4.53. The highest BCUT2D eigenvalue weighted by molar-refractivity contribution is 9.10. The van der Waals surface area contributed by atoms with Crippen molar-refractivity contribution < 1.29 is 9.53 Å². The number of carbonyl (C=O) groups excluding carboxylic acids is 1. The zero-order valence-corrected chi connectivity index (χ0v) is 13.7. The number of anilines is 1. The molecular formula is C16H17BrN2O2. The lowest BCUT2D eigenvalue weighted by atomic mass is 10.1. The molecule has 0 radical (unpaired) electrons. The van der Waals surface area contributed by atoms with Crippen LogP contribution in [0.2, 0.25) is 0 Å². The van der Waals surface area contributed by atoms with Crippen molar-refractivity contribution in [3.8, 4) is 11.5 Å². The highest BCUT2D eigenvalue weighted by atomic mass is 79.9. The molecule has 0 unspecified atom stereocenters. The maximum atomic E-state index is 11.7. The van der Waals surface area contributed by atoms with Crippen molar-refractivity contribution in [1.29, 1.82) is 0 Å². The Hall–Kier alpha value is -2.01. The van der Waals surface area contributed by atoms with Gasteiger partial charge in [-0.25, -0.2) is 0 Å². The molecule has 0 saturated heterocycles. The van der Waals surface area contributed by atoms with Gasteiger partial charge >= 0.3 is 0 Å². The van der Waals surface area contributed by atoms with Crippen LogP contribution in [-0.4, -0.2) is 13.0 Å². The summed E-state index contributed by atoms with van der Waals surface area (Å²) in [5, 5.41) is 2.58. The fourth-order valence-corrected chi connectivity index (χ4v) is 2.23. The average molecular weight is 349 g/mol. The van der Waals surface area contributed by atoms with Gasteiger partial charge in [0.25, 0.3) is 5.91 Å². The quantitative estimate of drug-likeness (QED) is 0.829. The van der Waals surface area contributed by atoms with Crippen LogP contribution in [0.25, 0.3) is 0 Å². The second-order valence-corrected chi connectivity index (χ2v) is 5.60. The number of ether oxygens (including phenoxy) is 1. The molecule has 0 saturated carbocycles. The summed E-state index contributed by atoms with van der Waals surface area (Å²) >= 11 is 3.52. The first-order chi connectivity index (χ1) is 9.92. The molecule has 4 nitrogen and oxygen atoms in total. The molecule has 21 heavy (non-hydrogen) atoms. The van der Waals surface area contributed by atoms with Crippen LogP contribution in [-0.2, 0) is 0 Å². The van der Waals surface area contributed by atoms with Crippen molar-refractivity contribution in [2.75, 3.05) is 12.8 Å². The van der Waals surface area contributed by atoms with Crippen molar-refractivity contribution in [3.05, 3.63) is 51.5 Å². The van der Waals surface area contributed by atoms with E-state index >= 15 is 0 Å². The Morgan fingerprint density at radius 1 is 1.19 bits per heavy atom. The highest BCUT2D eigenvalue weighted by Gasteiger charge is 2.10. The molecule has 5 heteroatoms. The Morgan fingerprint density at radius 2 is 1.81 bits per heavy atom. The topological polar surface area (TPSA) is 64.4 Å². The number of nitrogens with one attached hydrogen (secondary N) is 1. The van der Waals surface area contributed by atoms with Crippen LogP contribution in [0.4, 0.5) is 5.69 Å². The first-order valence-electron chi connectivity index (χ1n) is 6.48. The predicted molar refractivity (Wildman–Crippen MR) is 87.9 cm³/mol. The molecule has 0 aliphatic rings. The molecule has 0 bridgehead atoms. The zero-order valence-electron chi connectivity index (χ0n) is 12.2. The number of nitrogens with two attached hydrogens (primary N) is 1. The van der Waals surface area contributed by atoms with E-state index in [1.165, 1.54) is 0 Å². The normalized spacial score (nSPS) is 10.3. The van der Waals surface area contributed by atoms with Crippen LogP contribution in [0.1, 0.15) is 21.5 Å². The van der Waals surface area contributed by atoms with Gasteiger partial charge in [0.1, 0.15) is 5.75 Å². The summed E-state index contributed by atoms with van der Waals surface area (Å²) in [7, 11) is 1.58. The minimum atomic E-state index is -0.178. The van der Waals surface area contributed by atoms with Crippen molar-refractivity contribution in [1.82, 2.24) is 5.32 Å². The summed E-state index contributed by atoms with van der Waals surface area (Å²) < 4.78 is 6.89. The molecular weight excluding hydrogens is 332 g/mol. The lowest BCUT2D eigenvalue weighted by Crippen LogP contribution is -2.17. The van der Waals surface area contributed by atoms with E-state index in [4.69, 9.17) is 10.5 Å². The zero-order chi connectivity index (χ0) is 15.6. The van der Waals surface area contributed by atoms with Gasteiger partial charge in [0.2, 0.25) is 0 Å². The molecule has 2 rings (SSSR count). The summed E-state index contributed by atoms with van der Waals surface area (Å²) in [5.74, 6) is 0.981. The number of aryl methyl sites for hydroxylation is 2. The number of nitrogen functional groups attached to an aromatic ring is 1. The third kappa shape index (κ3) is 3.36. The maximum absolute atomic E-state index is 11.7. The number of halogens is 1. The Labute approximate surface area is 132 Å². The summed E-state index contributed by atoms with van der Waals surface area (Å²) in [6, 6.07) is 8.81. The predicted octanol–water partition coefficient (Wildman–Crippen LogP) is 3.80. The third-order valence-electron chi connectivity index (χ3n) is 3.14. The highest BCUT2D eigenvalue weighted by Crippen LogP contribution is 2.32. The van der Waals surface area contributed by atoms with E-state index in [1.54, 1.807) is 25.2 Å². The van der Waals surface area contributed by atoms with E-state index in [9.17, 15) is 4.79 Å². The molecule has 0 spiro atoms. The minimum Gasteiger partial charge on any atom is -0.455 e. The summed E-state index contributed by atoms with van der Waals surface area (Å²) in [5.41, 5.74) is 9.06. The first-order valence-corrected chi connectivity index (χ1v) is 7.28. The Morgan fingerprint density at radius 3 is 2.38 bits per heavy atom. The number of rotatable bonds is 3. The van der Waals surface area contributed by atoms with Crippen molar-refractivity contribution in [3.63, 3.8) is 0 Å². The lowest BCUT2D eigenvalue weighted by Gasteiger charge is -2.12. The van der Waals surface area contributed by atoms with E-state index in [0.717, 1.165) is 15.6 Å². The van der Waals surface area contributed by atoms with Crippen LogP contribution in [0, 0.1) is 13.8 Å². The second-order valence-electron chi connectivity index (χ2n) is 4.80. The number of carbonyl (C=O) groups is 1. The minimum absolute atomic E-state index is 0.178. The maximum Gasteiger partial charge on any atom is 0.251 e. The van der Waals surface area contributed by atoms with Crippen LogP contribution >= 0.6 is 15.9 Å². The van der Waals surface area contributed by atoms with Gasteiger partial charge in [-0.2, -0.15) is 0 Å². The van der Waals surface area contributed by atoms with Gasteiger partial charge in [-0.3, -0.25) is 4.79 Å². The van der Waals surface area contributed by atoms with Gasteiger partial charge in [-0.05, 0) is 55.3 Å². The number of benzene rings is 2. The molecule has 2 aromatic rings. The summed E-state index contributed by atoms with van der Waals surface area (Å²) in [6.45, 7) is 3.99. The van der Waals surface area contributed by atoms with Crippen LogP contribution in [0.3, 0.4) is 0 Å². The molecule has 0 heterocycles. The molecule has 1 amide bonds. The van der Waals surface area contributed by atoms with Crippen LogP contribution in [0.15, 0.2) is 34.8 Å². The SMILES string of the molecule is CNC(=O)c1ccc(N)c(Oc2cc(C)c(Br)c(C)c2)c1. The van der Waals surface area contributed by atoms with Crippen LogP contribution in [0.5, 0.6) is 11.5 Å². The van der Waals surface area contributed by atoms with Gasteiger partial charge in [0.15, 0.2) is 5.75 Å². The molecule has 0 aliphatic heterocycles. The van der Waals surface area contributed by atoms with E-state index in [0.29, 0.717) is 22.7 Å². The fraction of sp³-hybridized carbons (Fsp3) is 0.188. The monoisotopic (exact) mass is 348 g/mol. The van der Waals surface area contributed by atoms with E-state index in [-0.39, 0.29) is 5.91 Å². The molecule has 0 aromatic heterocycles. The average Bonchev–Trinajstić information content (AvgIpc) is 2.46. The summed E-state index contributed by atoms with van der Waals surface area (Å²) in [6.07, 6.45) is 0. The van der Waals surface area contributed by atoms with Crippen molar-refractivity contribution >= 4 is 27.5 Å². The fourth-order valence-electron chi connectivity index (χ4n) is 2.00. The van der Waals surface area contributed by atoms with Gasteiger partial charge in [0.05, 0.1) is 5.69 Å². The second kappa shape index (κ2) is 6.18. The Balaban J connectivity index is 2.37. The number of hydrogen-bond acceptors (Lipinski definition) is 3. The van der Waals surface area contributed by atoms with Gasteiger partial charge in [-0.1, -0.05) is 15.9 Å². The van der Waals surface area contributed by atoms with Gasteiger partial charge < -0.3 is 15.8 Å². The standard InChI is InChI=1S/C16H17BrN2O2/c1-9-6-12(7-10(2)15(9)17)21-14-8-11(16(20)19-3)4-5-13(14)18/h4-8H,18H2,1-3H3,(H,19,20). The number of hydrogen-bond donors (Lipinski definition) is 2. The third-order valence-corrected chi connectivity index (χ3v) is 4.39. The van der Waals surface area contributed by atoms with Gasteiger partial charge in [0, 0.05) is 17.1 Å². The van der Waals surface area contributed by atoms with E-state index in [1.807, 2.05) is 26.0 Å². The molecule has 2 aromatic carbocycles. The van der Waals surface area contributed by atoms with E-state index in [2.05, 4.69) is 21.2 Å². The first kappa shape index (κ1) is 15.4. The van der Waals surface area contributed by atoms with Crippen molar-refractivity contribution in [2.24, 2.45) is 0 Å². The molecule has 110 valence electrons. The molecule has 0 aliphatic carbocycles. The molecule has 0 fully saturated rings. The largest absolute Gasteiger partial charge is 0.455 e. The molecule has 3 N–H and O–H groups in total. The smallest absolute Gasteiger partial charge is 0.251 e. The summed E-state index contributed by atoms with van der Waals surface area (Å²) in [4.78, 5) is 11.7. The number of amides is 1. The lowest BCUT2D eigenvalue weighted by molar-refractivity contribution is 0.0963. The van der Waals surface area contributed by atoms with E-state index < -0.39 is 0 Å². The van der Waals surface area contributed by atoms with Gasteiger partial charge in [-0.15, -0.1) is 0 Å². The van der Waals surface area contributed by atoms with Crippen LogP contribution < -0.4 is 15.8 Å². The molecule has 0 atom stereocenters. The Bertz CT molecular complexity index is 676.